The van der Waals surface area contributed by atoms with Crippen LogP contribution < -0.4 is 0 Å². The van der Waals surface area contributed by atoms with Gasteiger partial charge in [0.25, 0.3) is 0 Å². The highest BCUT2D eigenvalue weighted by atomic mass is 32.1. The molecule has 0 heterocycles. The van der Waals surface area contributed by atoms with E-state index in [1.165, 1.54) is 0 Å². The van der Waals surface area contributed by atoms with Crippen LogP contribution in [0, 0.1) is 0 Å². The summed E-state index contributed by atoms with van der Waals surface area (Å²) in [5.41, 5.74) is 0. The van der Waals surface area contributed by atoms with Gasteiger partial charge in [-0.15, -0.1) is 0 Å². The Hall–Kier alpha value is 2.18. The Morgan fingerprint density at radius 3 is 0.333 bits per heavy atom. The monoisotopic (exact) mass is 194 g/mol. The molecule has 0 aliphatic carbocycles. The van der Waals surface area contributed by atoms with Crippen molar-refractivity contribution in [3.05, 3.63) is 0 Å². The molecule has 0 aliphatic heterocycles. The van der Waals surface area contributed by atoms with Gasteiger partial charge in [-0.25, -0.2) is 0 Å². The van der Waals surface area contributed by atoms with Gasteiger partial charge in [0.05, 0.1) is 0 Å². The minimum atomic E-state index is 0. The molecule has 0 amide bonds. The lowest BCUT2D eigenvalue weighted by atomic mass is 31.0. The average molecular weight is 194 g/mol. The Balaban J connectivity index is 0. The molecule has 48 valence electrons. The first-order chi connectivity index (χ1) is 0. The summed E-state index contributed by atoms with van der Waals surface area (Å²) in [7, 11) is 0. The average Bonchev–Trinajstić information content (AvgIpc) is 0. The Morgan fingerprint density at radius 1 is 0.333 bits per heavy atom. The predicted octanol–water partition coefficient (Wildman–Crippen LogP) is 0.0461. The fraction of sp³-hybridized carbons (Fsp3) is 0. The summed E-state index contributed by atoms with van der Waals surface area (Å²) >= 11 is 0. The van der Waals surface area contributed by atoms with E-state index < -0.39 is 0 Å². The van der Waals surface area contributed by atoms with E-state index in [1.54, 1.807) is 0 Å². The maximum atomic E-state index is 0. The third kappa shape index (κ3) is 34.9. The van der Waals surface area contributed by atoms with E-state index in [-0.39, 0.29) is 77.4 Å². The molecule has 0 aromatic rings. The van der Waals surface area contributed by atoms with Crippen LogP contribution in [0.25, 0.3) is 0 Å². The number of rotatable bonds is 0. The van der Waals surface area contributed by atoms with Gasteiger partial charge in [0.1, 0.15) is 0 Å². The summed E-state index contributed by atoms with van der Waals surface area (Å²) in [5, 5.41) is 0. The molecule has 1 atom stereocenters. The fourth-order valence-electron chi connectivity index (χ4n) is 0. The van der Waals surface area contributed by atoms with Gasteiger partial charge in [-0.3, -0.25) is 0 Å². The van der Waals surface area contributed by atoms with Crippen LogP contribution in [0.15, 0.2) is 0 Å². The van der Waals surface area contributed by atoms with Crippen LogP contribution in [0.2, 0.25) is 0 Å². The summed E-state index contributed by atoms with van der Waals surface area (Å²) in [6.45, 7) is 0. The second kappa shape index (κ2) is 57.7. The summed E-state index contributed by atoms with van der Waals surface area (Å²) in [5.74, 6) is 0. The summed E-state index contributed by atoms with van der Waals surface area (Å²) in [6.07, 6.45) is 0. The van der Waals surface area contributed by atoms with Gasteiger partial charge in [-0.1, -0.05) is 0 Å². The van der Waals surface area contributed by atoms with Gasteiger partial charge in [0.15, 0.2) is 0 Å². The maximum absolute atomic E-state index is 0. The van der Waals surface area contributed by atoms with Crippen molar-refractivity contribution in [1.82, 2.24) is 0 Å². The zero-order chi connectivity index (χ0) is 0. The molecule has 1 unspecified atom stereocenters. The second-order valence-electron chi connectivity index (χ2n) is 0. The van der Waals surface area contributed by atoms with Crippen LogP contribution in [0.4, 0.5) is 0 Å². The van der Waals surface area contributed by atoms with Gasteiger partial charge in [0, 0.05) is 0 Å². The molecule has 0 bridgehead atoms. The van der Waals surface area contributed by atoms with Crippen LogP contribution in [0.1, 0.15) is 0 Å². The molecule has 0 fully saturated rings. The topological polar surface area (TPSA) is 0 Å². The Morgan fingerprint density at radius 2 is 0.333 bits per heavy atom. The molecule has 0 saturated carbocycles. The first kappa shape index (κ1) is 88.7. The van der Waals surface area contributed by atoms with E-state index in [4.69, 9.17) is 0 Å². The summed E-state index contributed by atoms with van der Waals surface area (Å²) in [6, 6.07) is 0. The van der Waals surface area contributed by atoms with Crippen molar-refractivity contribution < 1.29 is 0 Å². The molecule has 0 radical (unpaired) electrons. The van der Waals surface area contributed by atoms with E-state index in [0.29, 0.717) is 0 Å². The fourth-order valence-corrected chi connectivity index (χ4v) is 0. The predicted molar refractivity (Wildman–Crippen MR) is 47.9 cm³/mol. The van der Waals surface area contributed by atoms with Crippen molar-refractivity contribution in [2.45, 2.75) is 0 Å². The normalized spacial score (nSPS) is 0. The van der Waals surface area contributed by atoms with Crippen molar-refractivity contribution in [3.63, 3.8) is 0 Å². The van der Waals surface area contributed by atoms with E-state index in [9.17, 15) is 0 Å². The second-order valence-corrected chi connectivity index (χ2v) is 0. The van der Waals surface area contributed by atoms with Crippen molar-refractivity contribution in [2.75, 3.05) is 0 Å². The van der Waals surface area contributed by atoms with Crippen LogP contribution in [-0.4, -0.2) is 0 Å². The van der Waals surface area contributed by atoms with Crippen molar-refractivity contribution in [1.29, 1.82) is 0 Å². The zero-order valence-electron chi connectivity index (χ0n) is 2.75. The summed E-state index contributed by atoms with van der Waals surface area (Å²) < 4.78 is 0. The highest BCUT2D eigenvalue weighted by Gasteiger charge is -0.153. The molecule has 0 aromatic heterocycles. The minimum absolute atomic E-state index is 0. The molecular weight excluding hydrogens is 191 g/mol. The lowest BCUT2D eigenvalue weighted by molar-refractivity contribution is 6.92. The highest BCUT2D eigenvalue weighted by molar-refractivity contribution is 7.37. The van der Waals surface area contributed by atoms with E-state index in [2.05, 4.69) is 0 Å². The van der Waals surface area contributed by atoms with Gasteiger partial charge in [0.2, 0.25) is 0 Å². The van der Waals surface area contributed by atoms with Gasteiger partial charge in [-0.05, 0) is 0 Å². The minimum Gasteiger partial charge on any atom is -2.00 e. The summed E-state index contributed by atoms with van der Waals surface area (Å²) in [4.78, 5) is 0. The third-order valence-corrected chi connectivity index (χ3v) is 0. The highest BCUT2D eigenvalue weighted by Crippen LogP contribution is 0.861. The first-order valence-corrected chi connectivity index (χ1v) is 0. The van der Waals surface area contributed by atoms with E-state index >= 15 is 0 Å². The number of hydrogen-bond acceptors (Lipinski definition) is 0. The van der Waals surface area contributed by atoms with E-state index in [1.807, 2.05) is 0 Å². The maximum Gasteiger partial charge on any atom is -0.153 e. The lowest BCUT2D eigenvalue weighted by Gasteiger charge is -2.00. The standard InChI is InChI=1S/H3P.5S/h1H3;;;;;/q;5*-2. The third-order valence-electron chi connectivity index (χ3n) is 0. The molecule has 0 nitrogen and oxygen atoms in total. The Kier molecular flexibility index (Phi) is 853. The quantitative estimate of drug-likeness (QED) is 0.478. The molecule has 0 N–H and O–H groups in total. The SMILES string of the molecule is P.[S-2].[S-2].[S-2].[S-2].[S-2]. The molecular formula is H3PS5-10. The van der Waals surface area contributed by atoms with Gasteiger partial charge >= 0.3 is 0 Å². The lowest BCUT2D eigenvalue weighted by Crippen LogP contribution is -0.00340. The smallest absolute Gasteiger partial charge is 0.153 e. The van der Waals surface area contributed by atoms with E-state index in [0.717, 1.165) is 0 Å². The largest absolute Gasteiger partial charge is 2.00 e. The van der Waals surface area contributed by atoms with Crippen molar-refractivity contribution in [2.24, 2.45) is 0 Å². The Bertz CT molecular complexity index is 3.90. The Labute approximate surface area is 77.1 Å². The van der Waals surface area contributed by atoms with Crippen LogP contribution in [0.3, 0.4) is 0 Å². The van der Waals surface area contributed by atoms with Crippen molar-refractivity contribution in [3.8, 4) is 0 Å². The molecule has 0 saturated heterocycles. The van der Waals surface area contributed by atoms with Crippen LogP contribution in [-0.2, 0) is 67.5 Å². The van der Waals surface area contributed by atoms with Crippen molar-refractivity contribution >= 4 is 77.4 Å². The zero-order valence-corrected chi connectivity index (χ0v) is 8.25. The molecule has 6 heavy (non-hydrogen) atoms. The van der Waals surface area contributed by atoms with Crippen LogP contribution in [0.5, 0.6) is 0 Å². The van der Waals surface area contributed by atoms with Gasteiger partial charge in [-0.2, -0.15) is 9.90 Å². The molecule has 0 rings (SSSR count). The van der Waals surface area contributed by atoms with Crippen LogP contribution >= 0.6 is 9.90 Å². The molecule has 0 aromatic carbocycles. The molecule has 0 spiro atoms. The number of hydrogen-bond donors (Lipinski definition) is 0. The van der Waals surface area contributed by atoms with Gasteiger partial charge < -0.3 is 67.5 Å². The molecule has 6 heteroatoms. The first-order valence-electron chi connectivity index (χ1n) is 0. The molecule has 0 aliphatic rings.